The van der Waals surface area contributed by atoms with Crippen molar-refractivity contribution in [3.05, 3.63) is 60.4 Å². The summed E-state index contributed by atoms with van der Waals surface area (Å²) in [5.41, 5.74) is 9.85. The minimum atomic E-state index is -1.32. The Morgan fingerprint density at radius 1 is 1.07 bits per heavy atom. The molecule has 0 radical (unpaired) electrons. The lowest BCUT2D eigenvalue weighted by atomic mass is 10.0. The van der Waals surface area contributed by atoms with Crippen LogP contribution in [0.25, 0.3) is 22.3 Å². The van der Waals surface area contributed by atoms with Gasteiger partial charge in [0.05, 0.1) is 39.4 Å². The Labute approximate surface area is 263 Å². The van der Waals surface area contributed by atoms with Crippen LogP contribution in [-0.4, -0.2) is 97.0 Å². The van der Waals surface area contributed by atoms with Crippen molar-refractivity contribution < 1.29 is 29.3 Å². The molecule has 12 nitrogen and oxygen atoms in total. The zero-order valence-electron chi connectivity index (χ0n) is 25.8. The van der Waals surface area contributed by atoms with Crippen molar-refractivity contribution in [2.75, 3.05) is 50.4 Å². The molecule has 2 aliphatic heterocycles. The second kappa shape index (κ2) is 13.7. The third kappa shape index (κ3) is 6.47. The van der Waals surface area contributed by atoms with Gasteiger partial charge >= 0.3 is 0 Å². The number of fused-ring (bicyclic) bond motifs is 1. The number of imidazole rings is 1. The van der Waals surface area contributed by atoms with Crippen molar-refractivity contribution in [2.45, 2.75) is 63.7 Å². The van der Waals surface area contributed by atoms with Crippen molar-refractivity contribution >= 4 is 22.9 Å². The molecule has 6 N–H and O–H groups in total. The SMILES string of the molecule is CC[N+]1(CCCOc2cc(CNc3nc4c(N)ncnc4n3[C@@H]3O[C@H](CO)[C@@H](O)[C@H]3O)ccc2-c2ccccc2)CCCCC1. The first-order chi connectivity index (χ1) is 21.9. The van der Waals surface area contributed by atoms with Crippen molar-refractivity contribution in [3.63, 3.8) is 0 Å². The maximum atomic E-state index is 10.8. The highest BCUT2D eigenvalue weighted by Gasteiger charge is 2.45. The number of piperidine rings is 1. The van der Waals surface area contributed by atoms with Gasteiger partial charge in [0.25, 0.3) is 0 Å². The third-order valence-corrected chi connectivity index (χ3v) is 9.33. The predicted molar refractivity (Wildman–Crippen MR) is 171 cm³/mol. The summed E-state index contributed by atoms with van der Waals surface area (Å²) in [5, 5.41) is 34.2. The average molecular weight is 619 g/mol. The van der Waals surface area contributed by atoms with Gasteiger partial charge in [-0.1, -0.05) is 42.5 Å². The van der Waals surface area contributed by atoms with E-state index in [-0.39, 0.29) is 5.82 Å². The van der Waals surface area contributed by atoms with Crippen LogP contribution >= 0.6 is 0 Å². The van der Waals surface area contributed by atoms with Crippen molar-refractivity contribution in [1.82, 2.24) is 19.5 Å². The molecule has 0 aliphatic carbocycles. The van der Waals surface area contributed by atoms with Crippen LogP contribution < -0.4 is 15.8 Å². The Morgan fingerprint density at radius 2 is 1.87 bits per heavy atom. The molecular formula is C33H44N7O5+. The van der Waals surface area contributed by atoms with Crippen LogP contribution in [0.15, 0.2) is 54.9 Å². The fraction of sp³-hybridized carbons (Fsp3) is 0.485. The van der Waals surface area contributed by atoms with E-state index in [4.69, 9.17) is 15.2 Å². The molecule has 45 heavy (non-hydrogen) atoms. The number of quaternary nitrogens is 1. The molecule has 4 atom stereocenters. The number of aliphatic hydroxyl groups excluding tert-OH is 3. The molecule has 6 rings (SSSR count). The van der Waals surface area contributed by atoms with Gasteiger partial charge in [-0.3, -0.25) is 4.57 Å². The van der Waals surface area contributed by atoms with Gasteiger partial charge < -0.3 is 40.3 Å². The van der Waals surface area contributed by atoms with Crippen molar-refractivity contribution in [2.24, 2.45) is 0 Å². The van der Waals surface area contributed by atoms with E-state index in [9.17, 15) is 15.3 Å². The molecule has 2 aromatic heterocycles. The fourth-order valence-electron chi connectivity index (χ4n) is 6.68. The topological polar surface area (TPSA) is 161 Å². The summed E-state index contributed by atoms with van der Waals surface area (Å²) in [6.07, 6.45) is 1.65. The molecule has 4 heterocycles. The number of hydrogen-bond donors (Lipinski definition) is 5. The van der Waals surface area contributed by atoms with E-state index in [0.717, 1.165) is 35.4 Å². The van der Waals surface area contributed by atoms with Gasteiger partial charge in [-0.15, -0.1) is 0 Å². The predicted octanol–water partition coefficient (Wildman–Crippen LogP) is 3.09. The summed E-state index contributed by atoms with van der Waals surface area (Å²) in [5.74, 6) is 1.32. The molecule has 2 saturated heterocycles. The summed E-state index contributed by atoms with van der Waals surface area (Å²) in [4.78, 5) is 13.0. The number of hydrogen-bond acceptors (Lipinski definition) is 10. The number of aliphatic hydroxyl groups is 3. The molecule has 240 valence electrons. The molecule has 0 bridgehead atoms. The number of nitrogens with one attached hydrogen (secondary N) is 1. The first kappa shape index (κ1) is 31.2. The van der Waals surface area contributed by atoms with Crippen molar-refractivity contribution in [1.29, 1.82) is 0 Å². The van der Waals surface area contributed by atoms with Crippen LogP contribution in [-0.2, 0) is 11.3 Å². The highest BCUT2D eigenvalue weighted by Crippen LogP contribution is 2.36. The van der Waals surface area contributed by atoms with Gasteiger partial charge in [-0.05, 0) is 43.4 Å². The first-order valence-electron chi connectivity index (χ1n) is 15.9. The number of nitrogens with two attached hydrogens (primary N) is 1. The summed E-state index contributed by atoms with van der Waals surface area (Å²) < 4.78 is 15.1. The van der Waals surface area contributed by atoms with Gasteiger partial charge in [0.1, 0.15) is 30.4 Å². The normalized spacial score (nSPS) is 22.9. The van der Waals surface area contributed by atoms with E-state index in [1.54, 1.807) is 4.57 Å². The lowest BCUT2D eigenvalue weighted by molar-refractivity contribution is -0.931. The Kier molecular flexibility index (Phi) is 9.47. The van der Waals surface area contributed by atoms with Crippen LogP contribution in [0, 0.1) is 0 Å². The van der Waals surface area contributed by atoms with Gasteiger partial charge in [0.15, 0.2) is 23.2 Å². The summed E-state index contributed by atoms with van der Waals surface area (Å²) in [7, 11) is 0. The maximum Gasteiger partial charge on any atom is 0.207 e. The second-order valence-electron chi connectivity index (χ2n) is 12.1. The number of benzene rings is 2. The van der Waals surface area contributed by atoms with E-state index in [0.29, 0.717) is 30.3 Å². The number of nitrogen functional groups attached to an aromatic ring is 1. The molecule has 0 saturated carbocycles. The molecule has 12 heteroatoms. The second-order valence-corrected chi connectivity index (χ2v) is 12.1. The van der Waals surface area contributed by atoms with Crippen LogP contribution in [0.2, 0.25) is 0 Å². The number of likely N-dealkylation sites (tertiary alicyclic amines) is 1. The molecule has 2 aromatic carbocycles. The standard InChI is InChI=1S/C33H44N7O5/c1-2-40(14-7-4-8-15-40)16-9-17-44-25-18-22(12-13-24(25)23-10-5-3-6-11-23)19-35-33-38-27-30(34)36-21-37-31(27)39(33)32-29(43)28(42)26(20-41)45-32/h3,5-6,10-13,18,21,26,28-29,32,41-43H,2,4,7-9,14-17,19-20H2,1H3,(H,35,38)(H2,34,36,37)/q+1/t26-,28-,29-,32-/m1/s1. The molecule has 0 spiro atoms. The zero-order valence-corrected chi connectivity index (χ0v) is 25.8. The van der Waals surface area contributed by atoms with Crippen LogP contribution in [0.4, 0.5) is 11.8 Å². The van der Waals surface area contributed by atoms with E-state index < -0.39 is 31.1 Å². The van der Waals surface area contributed by atoms with Gasteiger partial charge in [-0.25, -0.2) is 15.0 Å². The van der Waals surface area contributed by atoms with E-state index in [1.807, 2.05) is 30.3 Å². The molecular weight excluding hydrogens is 574 g/mol. The largest absolute Gasteiger partial charge is 0.493 e. The quantitative estimate of drug-likeness (QED) is 0.118. The van der Waals surface area contributed by atoms with Crippen LogP contribution in [0.5, 0.6) is 5.75 Å². The summed E-state index contributed by atoms with van der Waals surface area (Å²) in [6.45, 7) is 7.67. The Balaban J connectivity index is 1.23. The van der Waals surface area contributed by atoms with Crippen LogP contribution in [0.1, 0.15) is 44.4 Å². The highest BCUT2D eigenvalue weighted by molar-refractivity contribution is 5.84. The summed E-state index contributed by atoms with van der Waals surface area (Å²) in [6, 6.07) is 16.4. The van der Waals surface area contributed by atoms with Crippen molar-refractivity contribution in [3.8, 4) is 16.9 Å². The van der Waals surface area contributed by atoms with Gasteiger partial charge in [0.2, 0.25) is 5.95 Å². The summed E-state index contributed by atoms with van der Waals surface area (Å²) >= 11 is 0. The number of aromatic nitrogens is 4. The maximum absolute atomic E-state index is 10.8. The fourth-order valence-corrected chi connectivity index (χ4v) is 6.68. The highest BCUT2D eigenvalue weighted by atomic mass is 16.6. The lowest BCUT2D eigenvalue weighted by Gasteiger charge is -2.40. The van der Waals surface area contributed by atoms with E-state index in [1.165, 1.54) is 49.7 Å². The zero-order chi connectivity index (χ0) is 31.4. The minimum Gasteiger partial charge on any atom is -0.493 e. The monoisotopic (exact) mass is 618 g/mol. The molecule has 2 fully saturated rings. The Morgan fingerprint density at radius 3 is 2.60 bits per heavy atom. The number of anilines is 2. The van der Waals surface area contributed by atoms with Gasteiger partial charge in [-0.2, -0.15) is 0 Å². The van der Waals surface area contributed by atoms with Crippen LogP contribution in [0.3, 0.4) is 0 Å². The van der Waals surface area contributed by atoms with Gasteiger partial charge in [0, 0.05) is 18.5 Å². The number of ether oxygens (including phenoxy) is 2. The Bertz CT molecular complexity index is 1580. The Hall–Kier alpha value is -3.81. The lowest BCUT2D eigenvalue weighted by Crippen LogP contribution is -2.52. The molecule has 4 aromatic rings. The number of rotatable bonds is 12. The molecule has 0 amide bonds. The third-order valence-electron chi connectivity index (χ3n) is 9.33. The smallest absolute Gasteiger partial charge is 0.207 e. The molecule has 2 aliphatic rings. The molecule has 0 unspecified atom stereocenters. The minimum absolute atomic E-state index is 0.174. The number of nitrogens with zero attached hydrogens (tertiary/aromatic N) is 5. The van der Waals surface area contributed by atoms with E-state index in [2.05, 4.69) is 45.4 Å². The first-order valence-corrected chi connectivity index (χ1v) is 15.9. The average Bonchev–Trinajstić information content (AvgIpc) is 3.59. The van der Waals surface area contributed by atoms with E-state index >= 15 is 0 Å².